The monoisotopic (exact) mass is 205 g/mol. The van der Waals surface area contributed by atoms with Crippen molar-refractivity contribution < 1.29 is 5.11 Å². The average Bonchev–Trinajstić information content (AvgIpc) is 2.29. The van der Waals surface area contributed by atoms with Crippen LogP contribution in [-0.4, -0.2) is 29.3 Å². The van der Waals surface area contributed by atoms with Crippen LogP contribution in [0.3, 0.4) is 0 Å². The summed E-state index contributed by atoms with van der Waals surface area (Å²) in [6.07, 6.45) is 2.83. The number of fused-ring (bicyclic) bond motifs is 2. The molecule has 3 aliphatic rings. The fraction of sp³-hybridized carbons (Fsp3) is 0.545. The Morgan fingerprint density at radius 1 is 1.40 bits per heavy atom. The lowest BCUT2D eigenvalue weighted by atomic mass is 9.68. The first kappa shape index (κ1) is 8.97. The van der Waals surface area contributed by atoms with E-state index in [0.29, 0.717) is 11.8 Å². The van der Waals surface area contributed by atoms with Crippen LogP contribution in [0.25, 0.3) is 0 Å². The number of anilines is 2. The van der Waals surface area contributed by atoms with Gasteiger partial charge in [0, 0.05) is 31.1 Å². The highest BCUT2D eigenvalue weighted by Crippen LogP contribution is 2.41. The van der Waals surface area contributed by atoms with E-state index in [1.54, 1.807) is 6.20 Å². The highest BCUT2D eigenvalue weighted by molar-refractivity contribution is 5.62. The van der Waals surface area contributed by atoms with Crippen LogP contribution in [0.1, 0.15) is 6.42 Å². The van der Waals surface area contributed by atoms with Gasteiger partial charge in [0.15, 0.2) is 5.82 Å². The highest BCUT2D eigenvalue weighted by Gasteiger charge is 2.46. The first-order chi connectivity index (χ1) is 7.25. The SMILES string of the molecule is Nc1cccnc1N1CC2CC(C1)C2O. The molecule has 2 saturated heterocycles. The van der Waals surface area contributed by atoms with E-state index < -0.39 is 0 Å². The van der Waals surface area contributed by atoms with Gasteiger partial charge in [-0.2, -0.15) is 0 Å². The molecule has 0 spiro atoms. The summed E-state index contributed by atoms with van der Waals surface area (Å²) < 4.78 is 0. The van der Waals surface area contributed by atoms with Gasteiger partial charge in [-0.15, -0.1) is 0 Å². The van der Waals surface area contributed by atoms with Crippen LogP contribution in [0.4, 0.5) is 11.5 Å². The molecule has 1 saturated carbocycles. The maximum atomic E-state index is 9.68. The molecule has 1 aliphatic carbocycles. The topological polar surface area (TPSA) is 62.4 Å². The van der Waals surface area contributed by atoms with Gasteiger partial charge in [0.2, 0.25) is 0 Å². The molecule has 0 amide bonds. The second-order valence-electron chi connectivity index (χ2n) is 4.57. The highest BCUT2D eigenvalue weighted by atomic mass is 16.3. The summed E-state index contributed by atoms with van der Waals surface area (Å²) >= 11 is 0. The van der Waals surface area contributed by atoms with Gasteiger partial charge < -0.3 is 15.7 Å². The second-order valence-corrected chi connectivity index (χ2v) is 4.57. The molecular formula is C11H15N3O. The second kappa shape index (κ2) is 3.10. The van der Waals surface area contributed by atoms with Gasteiger partial charge in [0.1, 0.15) is 0 Å². The van der Waals surface area contributed by atoms with E-state index >= 15 is 0 Å². The quantitative estimate of drug-likeness (QED) is 0.700. The molecule has 2 bridgehead atoms. The van der Waals surface area contributed by atoms with Crippen LogP contribution in [0.2, 0.25) is 0 Å². The number of hydrogen-bond donors (Lipinski definition) is 2. The molecule has 3 N–H and O–H groups in total. The van der Waals surface area contributed by atoms with Crippen LogP contribution in [0.5, 0.6) is 0 Å². The zero-order valence-corrected chi connectivity index (χ0v) is 8.50. The molecule has 3 heterocycles. The van der Waals surface area contributed by atoms with Crippen molar-refractivity contribution in [3.63, 3.8) is 0 Å². The lowest BCUT2D eigenvalue weighted by molar-refractivity contribution is -0.0532. The Morgan fingerprint density at radius 2 is 2.13 bits per heavy atom. The first-order valence-electron chi connectivity index (χ1n) is 5.39. The van der Waals surface area contributed by atoms with Gasteiger partial charge in [0.05, 0.1) is 11.8 Å². The minimum Gasteiger partial charge on any atom is -0.396 e. The molecule has 80 valence electrons. The molecule has 0 aromatic carbocycles. The molecule has 1 aromatic heterocycles. The standard InChI is InChI=1S/C11H15N3O/c12-9-2-1-3-13-11(9)14-5-7-4-8(6-14)10(7)15/h1-3,7-8,10,15H,4-6,12H2. The van der Waals surface area contributed by atoms with Crippen molar-refractivity contribution >= 4 is 11.5 Å². The summed E-state index contributed by atoms with van der Waals surface area (Å²) in [5.41, 5.74) is 6.61. The Morgan fingerprint density at radius 3 is 2.73 bits per heavy atom. The summed E-state index contributed by atoms with van der Waals surface area (Å²) in [7, 11) is 0. The van der Waals surface area contributed by atoms with Crippen molar-refractivity contribution in [3.05, 3.63) is 18.3 Å². The smallest absolute Gasteiger partial charge is 0.151 e. The van der Waals surface area contributed by atoms with E-state index in [1.807, 2.05) is 12.1 Å². The lowest BCUT2D eigenvalue weighted by Gasteiger charge is -2.51. The third-order valence-corrected chi connectivity index (χ3v) is 3.60. The summed E-state index contributed by atoms with van der Waals surface area (Å²) in [5, 5.41) is 9.68. The average molecular weight is 205 g/mol. The molecule has 0 radical (unpaired) electrons. The van der Waals surface area contributed by atoms with Crippen molar-refractivity contribution in [2.24, 2.45) is 11.8 Å². The minimum absolute atomic E-state index is 0.0915. The Kier molecular flexibility index (Phi) is 1.85. The van der Waals surface area contributed by atoms with E-state index in [2.05, 4.69) is 9.88 Å². The van der Waals surface area contributed by atoms with Gasteiger partial charge in [-0.3, -0.25) is 0 Å². The van der Waals surface area contributed by atoms with Crippen molar-refractivity contribution in [2.45, 2.75) is 12.5 Å². The summed E-state index contributed by atoms with van der Waals surface area (Å²) in [6.45, 7) is 1.78. The number of aliphatic hydroxyl groups excluding tert-OH is 1. The van der Waals surface area contributed by atoms with E-state index in [9.17, 15) is 5.11 Å². The predicted molar refractivity (Wildman–Crippen MR) is 58.5 cm³/mol. The van der Waals surface area contributed by atoms with Gasteiger partial charge in [-0.05, 0) is 18.6 Å². The van der Waals surface area contributed by atoms with Crippen molar-refractivity contribution in [2.75, 3.05) is 23.7 Å². The fourth-order valence-electron chi connectivity index (χ4n) is 2.71. The number of aromatic nitrogens is 1. The Bertz CT molecular complexity index is 370. The molecule has 4 heteroatoms. The number of nitrogens with zero attached hydrogens (tertiary/aromatic N) is 2. The zero-order valence-electron chi connectivity index (χ0n) is 8.50. The number of aliphatic hydroxyl groups is 1. The molecular weight excluding hydrogens is 190 g/mol. The number of rotatable bonds is 1. The van der Waals surface area contributed by atoms with E-state index in [4.69, 9.17) is 5.73 Å². The normalized spacial score (nSPS) is 33.7. The van der Waals surface area contributed by atoms with Gasteiger partial charge in [-0.1, -0.05) is 0 Å². The van der Waals surface area contributed by atoms with E-state index in [1.165, 1.54) is 0 Å². The molecule has 4 rings (SSSR count). The predicted octanol–water partition coefficient (Wildman–Crippen LogP) is 0.481. The van der Waals surface area contributed by atoms with Crippen LogP contribution in [-0.2, 0) is 0 Å². The molecule has 2 unspecified atom stereocenters. The fourth-order valence-corrected chi connectivity index (χ4v) is 2.71. The Hall–Kier alpha value is -1.29. The van der Waals surface area contributed by atoms with Crippen LogP contribution < -0.4 is 10.6 Å². The largest absolute Gasteiger partial charge is 0.396 e. The van der Waals surface area contributed by atoms with Crippen molar-refractivity contribution in [1.82, 2.24) is 4.98 Å². The third-order valence-electron chi connectivity index (χ3n) is 3.60. The van der Waals surface area contributed by atoms with Gasteiger partial charge >= 0.3 is 0 Å². The van der Waals surface area contributed by atoms with E-state index in [0.717, 1.165) is 31.0 Å². The Labute approximate surface area is 88.7 Å². The number of hydrogen-bond acceptors (Lipinski definition) is 4. The first-order valence-corrected chi connectivity index (χ1v) is 5.39. The zero-order chi connectivity index (χ0) is 10.4. The summed E-state index contributed by atoms with van der Waals surface area (Å²) in [5.74, 6) is 1.72. The summed E-state index contributed by atoms with van der Waals surface area (Å²) in [4.78, 5) is 6.50. The maximum absolute atomic E-state index is 9.68. The molecule has 3 fully saturated rings. The molecule has 4 nitrogen and oxygen atoms in total. The molecule has 2 aliphatic heterocycles. The number of piperidine rings is 2. The van der Waals surface area contributed by atoms with Crippen LogP contribution in [0.15, 0.2) is 18.3 Å². The van der Waals surface area contributed by atoms with Crippen LogP contribution >= 0.6 is 0 Å². The number of pyridine rings is 1. The molecule has 2 atom stereocenters. The van der Waals surface area contributed by atoms with Gasteiger partial charge in [0.25, 0.3) is 0 Å². The molecule has 15 heavy (non-hydrogen) atoms. The number of nitrogens with two attached hydrogens (primary N) is 1. The summed E-state index contributed by atoms with van der Waals surface area (Å²) in [6, 6.07) is 3.72. The maximum Gasteiger partial charge on any atom is 0.151 e. The molecule has 1 aromatic rings. The number of nitrogen functional groups attached to an aromatic ring is 1. The van der Waals surface area contributed by atoms with Crippen molar-refractivity contribution in [1.29, 1.82) is 0 Å². The van der Waals surface area contributed by atoms with Crippen molar-refractivity contribution in [3.8, 4) is 0 Å². The van der Waals surface area contributed by atoms with E-state index in [-0.39, 0.29) is 6.10 Å². The lowest BCUT2D eigenvalue weighted by Crippen LogP contribution is -2.58. The van der Waals surface area contributed by atoms with Gasteiger partial charge in [-0.25, -0.2) is 4.98 Å². The Balaban J connectivity index is 1.83. The van der Waals surface area contributed by atoms with Crippen LogP contribution in [0, 0.1) is 11.8 Å². The minimum atomic E-state index is -0.0915. The third kappa shape index (κ3) is 1.28.